The van der Waals surface area contributed by atoms with E-state index >= 15 is 0 Å². The minimum absolute atomic E-state index is 0.286. The van der Waals surface area contributed by atoms with Gasteiger partial charge >= 0.3 is 5.97 Å². The summed E-state index contributed by atoms with van der Waals surface area (Å²) in [5.74, 6) is 1.08. The standard InChI is InChI=1S/C20H22O3/c1-15-5-9-18(10-6-15)23-19(21)20(2,3)14-13-16-7-11-17(22-4)12-8-16/h5-14H,1-4H3/b14-13+. The first kappa shape index (κ1) is 16.8. The second kappa shape index (κ2) is 7.14. The molecule has 0 bridgehead atoms. The Morgan fingerprint density at radius 2 is 1.52 bits per heavy atom. The number of carbonyl (C=O) groups is 1. The highest BCUT2D eigenvalue weighted by Crippen LogP contribution is 2.24. The summed E-state index contributed by atoms with van der Waals surface area (Å²) in [5, 5.41) is 0. The van der Waals surface area contributed by atoms with Crippen LogP contribution in [0.2, 0.25) is 0 Å². The van der Waals surface area contributed by atoms with Gasteiger partial charge in [0.15, 0.2) is 0 Å². The number of benzene rings is 2. The average molecular weight is 310 g/mol. The van der Waals surface area contributed by atoms with Gasteiger partial charge in [-0.25, -0.2) is 0 Å². The molecule has 2 rings (SSSR count). The Labute approximate surface area is 137 Å². The van der Waals surface area contributed by atoms with E-state index in [1.807, 2.05) is 69.3 Å². The van der Waals surface area contributed by atoms with Crippen LogP contribution in [0.4, 0.5) is 0 Å². The van der Waals surface area contributed by atoms with E-state index < -0.39 is 5.41 Å². The Morgan fingerprint density at radius 3 is 2.09 bits per heavy atom. The van der Waals surface area contributed by atoms with Crippen LogP contribution in [0.15, 0.2) is 54.6 Å². The lowest BCUT2D eigenvalue weighted by Crippen LogP contribution is -2.26. The van der Waals surface area contributed by atoms with Gasteiger partial charge in [-0.15, -0.1) is 0 Å². The predicted molar refractivity (Wildman–Crippen MR) is 92.6 cm³/mol. The van der Waals surface area contributed by atoms with Crippen molar-refractivity contribution in [1.29, 1.82) is 0 Å². The van der Waals surface area contributed by atoms with Crippen molar-refractivity contribution >= 4 is 12.0 Å². The molecule has 0 atom stereocenters. The molecule has 2 aromatic rings. The smallest absolute Gasteiger partial charge is 0.320 e. The van der Waals surface area contributed by atoms with Crippen LogP contribution in [0.5, 0.6) is 11.5 Å². The van der Waals surface area contributed by atoms with Crippen molar-refractivity contribution in [2.45, 2.75) is 20.8 Å². The third-order valence-electron chi connectivity index (χ3n) is 3.57. The van der Waals surface area contributed by atoms with Crippen LogP contribution in [0.3, 0.4) is 0 Å². The molecule has 0 aliphatic heterocycles. The molecule has 23 heavy (non-hydrogen) atoms. The molecule has 0 fully saturated rings. The van der Waals surface area contributed by atoms with Gasteiger partial charge in [-0.1, -0.05) is 42.0 Å². The topological polar surface area (TPSA) is 35.5 Å². The molecule has 0 aromatic heterocycles. The number of rotatable bonds is 5. The molecule has 0 unspecified atom stereocenters. The van der Waals surface area contributed by atoms with E-state index in [0.29, 0.717) is 5.75 Å². The molecular weight excluding hydrogens is 288 g/mol. The first-order chi connectivity index (χ1) is 10.9. The largest absolute Gasteiger partial charge is 0.497 e. The van der Waals surface area contributed by atoms with Crippen LogP contribution in [0, 0.1) is 12.3 Å². The van der Waals surface area contributed by atoms with E-state index in [4.69, 9.17) is 9.47 Å². The fourth-order valence-electron chi connectivity index (χ4n) is 1.93. The van der Waals surface area contributed by atoms with E-state index in [0.717, 1.165) is 16.9 Å². The fraction of sp³-hybridized carbons (Fsp3) is 0.250. The third kappa shape index (κ3) is 4.71. The Balaban J connectivity index is 2.05. The number of hydrogen-bond donors (Lipinski definition) is 0. The number of hydrogen-bond acceptors (Lipinski definition) is 3. The molecule has 0 saturated heterocycles. The maximum Gasteiger partial charge on any atom is 0.320 e. The molecule has 0 aliphatic carbocycles. The molecule has 0 radical (unpaired) electrons. The van der Waals surface area contributed by atoms with Crippen molar-refractivity contribution in [2.75, 3.05) is 7.11 Å². The van der Waals surface area contributed by atoms with E-state index in [9.17, 15) is 4.79 Å². The lowest BCUT2D eigenvalue weighted by Gasteiger charge is -2.18. The van der Waals surface area contributed by atoms with Gasteiger partial charge in [-0.2, -0.15) is 0 Å². The zero-order valence-corrected chi connectivity index (χ0v) is 14.0. The molecule has 0 heterocycles. The average Bonchev–Trinajstić information content (AvgIpc) is 2.55. The van der Waals surface area contributed by atoms with Crippen LogP contribution >= 0.6 is 0 Å². The summed E-state index contributed by atoms with van der Waals surface area (Å²) in [6.07, 6.45) is 3.77. The molecule has 0 aliphatic rings. The quantitative estimate of drug-likeness (QED) is 0.596. The van der Waals surface area contributed by atoms with E-state index in [-0.39, 0.29) is 5.97 Å². The van der Waals surface area contributed by atoms with E-state index in [1.54, 1.807) is 19.2 Å². The Kier molecular flexibility index (Phi) is 5.22. The van der Waals surface area contributed by atoms with Gasteiger partial charge in [0.2, 0.25) is 0 Å². The predicted octanol–water partition coefficient (Wildman–Crippen LogP) is 4.65. The summed E-state index contributed by atoms with van der Waals surface area (Å²) in [6, 6.07) is 15.1. The first-order valence-corrected chi connectivity index (χ1v) is 7.53. The second-order valence-electron chi connectivity index (χ2n) is 6.03. The highest BCUT2D eigenvalue weighted by atomic mass is 16.5. The van der Waals surface area contributed by atoms with Gasteiger partial charge in [0.25, 0.3) is 0 Å². The highest BCUT2D eigenvalue weighted by Gasteiger charge is 2.26. The van der Waals surface area contributed by atoms with Gasteiger partial charge in [0, 0.05) is 0 Å². The lowest BCUT2D eigenvalue weighted by molar-refractivity contribution is -0.141. The van der Waals surface area contributed by atoms with Crippen LogP contribution in [0.25, 0.3) is 6.08 Å². The van der Waals surface area contributed by atoms with Crippen molar-refractivity contribution < 1.29 is 14.3 Å². The van der Waals surface area contributed by atoms with E-state index in [1.165, 1.54) is 0 Å². The van der Waals surface area contributed by atoms with Crippen molar-refractivity contribution in [3.63, 3.8) is 0 Å². The second-order valence-corrected chi connectivity index (χ2v) is 6.03. The van der Waals surface area contributed by atoms with Crippen LogP contribution in [-0.4, -0.2) is 13.1 Å². The zero-order valence-electron chi connectivity index (χ0n) is 14.0. The number of aryl methyl sites for hydroxylation is 1. The maximum absolute atomic E-state index is 12.3. The minimum atomic E-state index is -0.717. The molecule has 3 nitrogen and oxygen atoms in total. The summed E-state index contributed by atoms with van der Waals surface area (Å²) in [5.41, 5.74) is 1.41. The molecule has 0 N–H and O–H groups in total. The zero-order chi connectivity index (χ0) is 16.9. The minimum Gasteiger partial charge on any atom is -0.497 e. The number of ether oxygens (including phenoxy) is 2. The van der Waals surface area contributed by atoms with E-state index in [2.05, 4.69) is 0 Å². The van der Waals surface area contributed by atoms with Crippen LogP contribution in [-0.2, 0) is 4.79 Å². The van der Waals surface area contributed by atoms with Gasteiger partial charge in [-0.05, 0) is 50.6 Å². The third-order valence-corrected chi connectivity index (χ3v) is 3.57. The molecule has 0 amide bonds. The van der Waals surface area contributed by atoms with Crippen molar-refractivity contribution in [2.24, 2.45) is 5.41 Å². The molecule has 120 valence electrons. The van der Waals surface area contributed by atoms with Crippen LogP contribution < -0.4 is 9.47 Å². The van der Waals surface area contributed by atoms with Crippen molar-refractivity contribution in [3.05, 3.63) is 65.7 Å². The van der Waals surface area contributed by atoms with Gasteiger partial charge in [-0.3, -0.25) is 4.79 Å². The molecule has 3 heteroatoms. The SMILES string of the molecule is COc1ccc(/C=C/C(C)(C)C(=O)Oc2ccc(C)cc2)cc1. The number of esters is 1. The monoisotopic (exact) mass is 310 g/mol. The Morgan fingerprint density at radius 1 is 0.957 bits per heavy atom. The van der Waals surface area contributed by atoms with Gasteiger partial charge < -0.3 is 9.47 Å². The Bertz CT molecular complexity index is 680. The van der Waals surface area contributed by atoms with Crippen LogP contribution in [0.1, 0.15) is 25.0 Å². The summed E-state index contributed by atoms with van der Waals surface area (Å²) >= 11 is 0. The van der Waals surface area contributed by atoms with Gasteiger partial charge in [0.1, 0.15) is 11.5 Å². The van der Waals surface area contributed by atoms with Gasteiger partial charge in [0.05, 0.1) is 12.5 Å². The number of methoxy groups -OCH3 is 1. The summed E-state index contributed by atoms with van der Waals surface area (Å²) < 4.78 is 10.6. The number of carbonyl (C=O) groups excluding carboxylic acids is 1. The fourth-order valence-corrected chi connectivity index (χ4v) is 1.93. The lowest BCUT2D eigenvalue weighted by atomic mass is 9.92. The van der Waals surface area contributed by atoms with Crippen molar-refractivity contribution in [3.8, 4) is 11.5 Å². The van der Waals surface area contributed by atoms with Crippen molar-refractivity contribution in [1.82, 2.24) is 0 Å². The molecule has 0 saturated carbocycles. The highest BCUT2D eigenvalue weighted by molar-refractivity contribution is 5.81. The molecular formula is C20H22O3. The summed E-state index contributed by atoms with van der Waals surface area (Å²) in [6.45, 7) is 5.67. The maximum atomic E-state index is 12.3. The molecule has 2 aromatic carbocycles. The normalized spacial score (nSPS) is 11.5. The Hall–Kier alpha value is -2.55. The summed E-state index contributed by atoms with van der Waals surface area (Å²) in [4.78, 5) is 12.3. The first-order valence-electron chi connectivity index (χ1n) is 7.53. The summed E-state index contributed by atoms with van der Waals surface area (Å²) in [7, 11) is 1.63. The molecule has 0 spiro atoms.